The summed E-state index contributed by atoms with van der Waals surface area (Å²) in [4.78, 5) is 12.0. The summed E-state index contributed by atoms with van der Waals surface area (Å²) in [6, 6.07) is 9.41. The number of carbonyl (C=O) groups excluding carboxylic acids is 1. The Morgan fingerprint density at radius 1 is 1.19 bits per heavy atom. The van der Waals surface area contributed by atoms with E-state index in [-0.39, 0.29) is 24.4 Å². The molecule has 0 spiro atoms. The van der Waals surface area contributed by atoms with Crippen LogP contribution < -0.4 is 5.32 Å². The Kier molecular flexibility index (Phi) is 6.36. The fourth-order valence-electron chi connectivity index (χ4n) is 2.00. The molecule has 0 heterocycles. The molecule has 1 amide bonds. The molecule has 1 unspecified atom stereocenters. The standard InChI is InChI=1S/C15H24N2O3S/c1-12(2)10-17(21(4,19)20)11-15(18)16-13(3)14-8-6-5-7-9-14/h5-9,12-13H,10-11H2,1-4H3,(H,16,18). The van der Waals surface area contributed by atoms with E-state index < -0.39 is 10.0 Å². The van der Waals surface area contributed by atoms with Gasteiger partial charge in [-0.3, -0.25) is 4.79 Å². The number of nitrogens with zero attached hydrogens (tertiary/aromatic N) is 1. The Morgan fingerprint density at radius 2 is 1.76 bits per heavy atom. The van der Waals surface area contributed by atoms with Gasteiger partial charge in [0.15, 0.2) is 0 Å². The van der Waals surface area contributed by atoms with Gasteiger partial charge in [-0.1, -0.05) is 44.2 Å². The van der Waals surface area contributed by atoms with Gasteiger partial charge in [0.05, 0.1) is 18.8 Å². The molecule has 0 saturated heterocycles. The highest BCUT2D eigenvalue weighted by Gasteiger charge is 2.21. The molecule has 0 aromatic heterocycles. The van der Waals surface area contributed by atoms with E-state index in [4.69, 9.17) is 0 Å². The largest absolute Gasteiger partial charge is 0.348 e. The summed E-state index contributed by atoms with van der Waals surface area (Å²) < 4.78 is 24.6. The first-order valence-corrected chi connectivity index (χ1v) is 8.84. The maximum absolute atomic E-state index is 12.0. The quantitative estimate of drug-likeness (QED) is 0.834. The fraction of sp³-hybridized carbons (Fsp3) is 0.533. The highest BCUT2D eigenvalue weighted by atomic mass is 32.2. The molecule has 1 aromatic rings. The molecule has 0 saturated carbocycles. The number of carbonyl (C=O) groups is 1. The molecule has 0 radical (unpaired) electrons. The number of rotatable bonds is 7. The second kappa shape index (κ2) is 7.56. The molecule has 0 aliphatic carbocycles. The van der Waals surface area contributed by atoms with Gasteiger partial charge in [0.1, 0.15) is 0 Å². The number of nitrogens with one attached hydrogen (secondary N) is 1. The molecule has 6 heteroatoms. The van der Waals surface area contributed by atoms with Gasteiger partial charge in [-0.25, -0.2) is 8.42 Å². The summed E-state index contributed by atoms with van der Waals surface area (Å²) in [6.07, 6.45) is 1.13. The van der Waals surface area contributed by atoms with Gasteiger partial charge in [0.2, 0.25) is 15.9 Å². The van der Waals surface area contributed by atoms with Crippen molar-refractivity contribution in [3.8, 4) is 0 Å². The summed E-state index contributed by atoms with van der Waals surface area (Å²) in [5.74, 6) is -0.128. The van der Waals surface area contributed by atoms with Crippen molar-refractivity contribution in [1.29, 1.82) is 0 Å². The van der Waals surface area contributed by atoms with Crippen molar-refractivity contribution in [2.24, 2.45) is 5.92 Å². The van der Waals surface area contributed by atoms with E-state index in [9.17, 15) is 13.2 Å². The minimum atomic E-state index is -3.38. The van der Waals surface area contributed by atoms with E-state index in [1.54, 1.807) is 0 Å². The maximum Gasteiger partial charge on any atom is 0.235 e. The van der Waals surface area contributed by atoms with Gasteiger partial charge in [0, 0.05) is 6.54 Å². The molecule has 1 N–H and O–H groups in total. The minimum absolute atomic E-state index is 0.145. The molecule has 1 atom stereocenters. The van der Waals surface area contributed by atoms with Crippen LogP contribution in [0.5, 0.6) is 0 Å². The SMILES string of the molecule is CC(C)CN(CC(=O)NC(C)c1ccccc1)S(C)(=O)=O. The molecule has 5 nitrogen and oxygen atoms in total. The highest BCUT2D eigenvalue weighted by Crippen LogP contribution is 2.11. The minimum Gasteiger partial charge on any atom is -0.348 e. The Hall–Kier alpha value is -1.40. The fourth-order valence-corrected chi connectivity index (χ4v) is 2.92. The molecule has 21 heavy (non-hydrogen) atoms. The first kappa shape index (κ1) is 17.7. The number of amides is 1. The molecule has 0 bridgehead atoms. The molecule has 1 rings (SSSR count). The van der Waals surface area contributed by atoms with E-state index in [1.807, 2.05) is 51.1 Å². The van der Waals surface area contributed by atoms with E-state index in [2.05, 4.69) is 5.32 Å². The first-order chi connectivity index (χ1) is 9.70. The van der Waals surface area contributed by atoms with E-state index in [0.717, 1.165) is 11.8 Å². The van der Waals surface area contributed by atoms with Gasteiger partial charge in [0.25, 0.3) is 0 Å². The van der Waals surface area contributed by atoms with Crippen molar-refractivity contribution in [2.75, 3.05) is 19.3 Å². The summed E-state index contributed by atoms with van der Waals surface area (Å²) in [5.41, 5.74) is 0.987. The van der Waals surface area contributed by atoms with Crippen LogP contribution in [0.1, 0.15) is 32.4 Å². The summed E-state index contributed by atoms with van der Waals surface area (Å²) >= 11 is 0. The predicted molar refractivity (Wildman–Crippen MR) is 84.3 cm³/mol. The molecule has 118 valence electrons. The van der Waals surface area contributed by atoms with Gasteiger partial charge in [-0.05, 0) is 18.4 Å². The van der Waals surface area contributed by atoms with Gasteiger partial charge >= 0.3 is 0 Å². The second-order valence-electron chi connectivity index (χ2n) is 5.65. The van der Waals surface area contributed by atoms with Gasteiger partial charge < -0.3 is 5.32 Å². The molecular formula is C15H24N2O3S. The molecule has 1 aromatic carbocycles. The second-order valence-corrected chi connectivity index (χ2v) is 7.63. The van der Waals surface area contributed by atoms with Crippen molar-refractivity contribution in [3.63, 3.8) is 0 Å². The zero-order valence-electron chi connectivity index (χ0n) is 13.0. The van der Waals surface area contributed by atoms with Crippen LogP contribution in [-0.2, 0) is 14.8 Å². The van der Waals surface area contributed by atoms with Crippen LogP contribution >= 0.6 is 0 Å². The average Bonchev–Trinajstić information content (AvgIpc) is 2.37. The Balaban J connectivity index is 2.66. The molecule has 0 aliphatic rings. The van der Waals surface area contributed by atoms with E-state index in [0.29, 0.717) is 6.54 Å². The van der Waals surface area contributed by atoms with Crippen LogP contribution in [-0.4, -0.2) is 38.0 Å². The summed E-state index contributed by atoms with van der Waals surface area (Å²) in [5, 5.41) is 2.83. The topological polar surface area (TPSA) is 66.5 Å². The average molecular weight is 312 g/mol. The Labute approximate surface area is 127 Å². The number of hydrogen-bond donors (Lipinski definition) is 1. The Morgan fingerprint density at radius 3 is 2.24 bits per heavy atom. The van der Waals surface area contributed by atoms with Crippen LogP contribution in [0.4, 0.5) is 0 Å². The van der Waals surface area contributed by atoms with Crippen LogP contribution in [0.3, 0.4) is 0 Å². The van der Waals surface area contributed by atoms with Crippen LogP contribution in [0.25, 0.3) is 0 Å². The van der Waals surface area contributed by atoms with Crippen molar-refractivity contribution in [3.05, 3.63) is 35.9 Å². The molecule has 0 fully saturated rings. The van der Waals surface area contributed by atoms with E-state index >= 15 is 0 Å². The third-order valence-corrected chi connectivity index (χ3v) is 4.25. The van der Waals surface area contributed by atoms with Crippen molar-refractivity contribution < 1.29 is 13.2 Å². The van der Waals surface area contributed by atoms with Crippen LogP contribution in [0.2, 0.25) is 0 Å². The third-order valence-electron chi connectivity index (χ3n) is 3.03. The normalized spacial score (nSPS) is 13.4. The first-order valence-electron chi connectivity index (χ1n) is 6.99. The van der Waals surface area contributed by atoms with Crippen LogP contribution in [0.15, 0.2) is 30.3 Å². The van der Waals surface area contributed by atoms with Crippen molar-refractivity contribution in [2.45, 2.75) is 26.8 Å². The lowest BCUT2D eigenvalue weighted by atomic mass is 10.1. The number of hydrogen-bond acceptors (Lipinski definition) is 3. The van der Waals surface area contributed by atoms with Crippen LogP contribution in [0, 0.1) is 5.92 Å². The molecular weight excluding hydrogens is 288 g/mol. The summed E-state index contributed by atoms with van der Waals surface area (Å²) in [7, 11) is -3.38. The number of sulfonamides is 1. The Bertz CT molecular complexity index is 556. The van der Waals surface area contributed by atoms with Gasteiger partial charge in [-0.2, -0.15) is 4.31 Å². The van der Waals surface area contributed by atoms with Crippen molar-refractivity contribution >= 4 is 15.9 Å². The highest BCUT2D eigenvalue weighted by molar-refractivity contribution is 7.88. The number of benzene rings is 1. The lowest BCUT2D eigenvalue weighted by molar-refractivity contribution is -0.122. The smallest absolute Gasteiger partial charge is 0.235 e. The zero-order chi connectivity index (χ0) is 16.0. The maximum atomic E-state index is 12.0. The van der Waals surface area contributed by atoms with E-state index in [1.165, 1.54) is 4.31 Å². The predicted octanol–water partition coefficient (Wildman–Crippen LogP) is 1.78. The lowest BCUT2D eigenvalue weighted by Crippen LogP contribution is -2.42. The lowest BCUT2D eigenvalue weighted by Gasteiger charge is -2.22. The molecule has 0 aliphatic heterocycles. The summed E-state index contributed by atoms with van der Waals surface area (Å²) in [6.45, 7) is 5.91. The zero-order valence-corrected chi connectivity index (χ0v) is 13.9. The third kappa shape index (κ3) is 6.27. The monoisotopic (exact) mass is 312 g/mol. The van der Waals surface area contributed by atoms with Crippen molar-refractivity contribution in [1.82, 2.24) is 9.62 Å². The van der Waals surface area contributed by atoms with Gasteiger partial charge in [-0.15, -0.1) is 0 Å².